The van der Waals surface area contributed by atoms with E-state index in [1.165, 1.54) is 0 Å². The van der Waals surface area contributed by atoms with E-state index in [-0.39, 0.29) is 0 Å². The summed E-state index contributed by atoms with van der Waals surface area (Å²) in [6.07, 6.45) is 6.62. The van der Waals surface area contributed by atoms with Crippen LogP contribution in [0.3, 0.4) is 0 Å². The maximum atomic E-state index is 11.5. The van der Waals surface area contributed by atoms with Crippen molar-refractivity contribution in [2.24, 2.45) is 5.92 Å². The SMILES string of the molecule is O=C(O)C1CN(c2ncccn2)CCN(c2ncccn2)C1. The largest absolute Gasteiger partial charge is 0.481 e. The molecule has 0 aliphatic carbocycles. The number of rotatable bonds is 3. The van der Waals surface area contributed by atoms with Gasteiger partial charge in [-0.25, -0.2) is 19.9 Å². The van der Waals surface area contributed by atoms with Gasteiger partial charge in [0.2, 0.25) is 11.9 Å². The molecule has 1 saturated heterocycles. The first-order valence-electron chi connectivity index (χ1n) is 7.01. The Kier molecular flexibility index (Phi) is 4.08. The monoisotopic (exact) mass is 300 g/mol. The van der Waals surface area contributed by atoms with Gasteiger partial charge in [-0.15, -0.1) is 0 Å². The number of anilines is 2. The van der Waals surface area contributed by atoms with Gasteiger partial charge in [-0.05, 0) is 12.1 Å². The van der Waals surface area contributed by atoms with Crippen LogP contribution in [-0.4, -0.2) is 57.2 Å². The normalized spacial score (nSPS) is 16.4. The lowest BCUT2D eigenvalue weighted by Crippen LogP contribution is -2.35. The smallest absolute Gasteiger partial charge is 0.310 e. The second-order valence-electron chi connectivity index (χ2n) is 5.02. The minimum absolute atomic E-state index is 0.364. The molecule has 8 nitrogen and oxygen atoms in total. The highest BCUT2D eigenvalue weighted by molar-refractivity contribution is 5.72. The molecule has 22 heavy (non-hydrogen) atoms. The quantitative estimate of drug-likeness (QED) is 0.864. The Morgan fingerprint density at radius 1 is 0.909 bits per heavy atom. The Morgan fingerprint density at radius 2 is 1.32 bits per heavy atom. The molecule has 3 heterocycles. The van der Waals surface area contributed by atoms with Crippen LogP contribution in [0.5, 0.6) is 0 Å². The molecule has 3 rings (SSSR count). The molecular formula is C14H16N6O2. The molecule has 0 amide bonds. The van der Waals surface area contributed by atoms with Gasteiger partial charge in [-0.2, -0.15) is 0 Å². The van der Waals surface area contributed by atoms with Crippen LogP contribution < -0.4 is 9.80 Å². The zero-order chi connectivity index (χ0) is 15.4. The molecule has 8 heteroatoms. The van der Waals surface area contributed by atoms with Crippen molar-refractivity contribution in [3.8, 4) is 0 Å². The molecule has 1 fully saturated rings. The molecule has 0 aromatic carbocycles. The average molecular weight is 300 g/mol. The molecule has 2 aromatic rings. The second-order valence-corrected chi connectivity index (χ2v) is 5.02. The number of hydrogen-bond acceptors (Lipinski definition) is 7. The Morgan fingerprint density at radius 3 is 1.68 bits per heavy atom. The van der Waals surface area contributed by atoms with Gasteiger partial charge in [-0.1, -0.05) is 0 Å². The summed E-state index contributed by atoms with van der Waals surface area (Å²) in [5.41, 5.74) is 0. The number of carboxylic acids is 1. The number of aliphatic carboxylic acids is 1. The van der Waals surface area contributed by atoms with Gasteiger partial charge in [0.1, 0.15) is 0 Å². The van der Waals surface area contributed by atoms with Gasteiger partial charge in [0.25, 0.3) is 0 Å². The lowest BCUT2D eigenvalue weighted by atomic mass is 10.1. The third kappa shape index (κ3) is 3.11. The van der Waals surface area contributed by atoms with Gasteiger partial charge < -0.3 is 14.9 Å². The lowest BCUT2D eigenvalue weighted by molar-refractivity contribution is -0.141. The fraction of sp³-hybridized carbons (Fsp3) is 0.357. The number of nitrogens with zero attached hydrogens (tertiary/aromatic N) is 6. The molecule has 1 aliphatic rings. The summed E-state index contributed by atoms with van der Waals surface area (Å²) < 4.78 is 0. The zero-order valence-electron chi connectivity index (χ0n) is 11.9. The van der Waals surface area contributed by atoms with Crippen LogP contribution in [0.2, 0.25) is 0 Å². The van der Waals surface area contributed by atoms with E-state index in [0.29, 0.717) is 38.1 Å². The summed E-state index contributed by atoms with van der Waals surface area (Å²) in [7, 11) is 0. The molecule has 2 aromatic heterocycles. The van der Waals surface area contributed by atoms with Crippen molar-refractivity contribution in [3.63, 3.8) is 0 Å². The standard InChI is InChI=1S/C14H16N6O2/c21-12(22)11-9-19(13-15-3-1-4-16-13)7-8-20(10-11)14-17-5-2-6-18-14/h1-6,11H,7-10H2,(H,21,22). The molecule has 0 atom stereocenters. The molecule has 0 bridgehead atoms. The van der Waals surface area contributed by atoms with Crippen molar-refractivity contribution in [1.82, 2.24) is 19.9 Å². The van der Waals surface area contributed by atoms with E-state index in [0.717, 1.165) is 0 Å². The Bertz CT molecular complexity index is 574. The molecule has 114 valence electrons. The highest BCUT2D eigenvalue weighted by atomic mass is 16.4. The molecule has 0 unspecified atom stereocenters. The number of carbonyl (C=O) groups is 1. The van der Waals surface area contributed by atoms with Crippen molar-refractivity contribution in [2.45, 2.75) is 0 Å². The van der Waals surface area contributed by atoms with Crippen molar-refractivity contribution < 1.29 is 9.90 Å². The first-order valence-corrected chi connectivity index (χ1v) is 7.01. The van der Waals surface area contributed by atoms with E-state index in [1.54, 1.807) is 36.9 Å². The third-order valence-corrected chi connectivity index (χ3v) is 3.54. The molecule has 0 radical (unpaired) electrons. The van der Waals surface area contributed by atoms with E-state index >= 15 is 0 Å². The highest BCUT2D eigenvalue weighted by Gasteiger charge is 2.29. The molecule has 0 spiro atoms. The number of aromatic nitrogens is 4. The predicted octanol–water partition coefficient (Wildman–Crippen LogP) is 0.294. The summed E-state index contributed by atoms with van der Waals surface area (Å²) in [6.45, 7) is 1.96. The average Bonchev–Trinajstić information content (AvgIpc) is 2.80. The third-order valence-electron chi connectivity index (χ3n) is 3.54. The maximum absolute atomic E-state index is 11.5. The van der Waals surface area contributed by atoms with Crippen LogP contribution in [0.25, 0.3) is 0 Å². The van der Waals surface area contributed by atoms with Crippen LogP contribution in [0.4, 0.5) is 11.9 Å². The Hall–Kier alpha value is -2.77. The van der Waals surface area contributed by atoms with E-state index in [2.05, 4.69) is 19.9 Å². The van der Waals surface area contributed by atoms with Gasteiger partial charge in [0, 0.05) is 51.0 Å². The molecule has 1 aliphatic heterocycles. The van der Waals surface area contributed by atoms with E-state index in [9.17, 15) is 9.90 Å². The van der Waals surface area contributed by atoms with Gasteiger partial charge in [0.05, 0.1) is 5.92 Å². The van der Waals surface area contributed by atoms with Crippen molar-refractivity contribution >= 4 is 17.9 Å². The van der Waals surface area contributed by atoms with Crippen LogP contribution in [-0.2, 0) is 4.79 Å². The van der Waals surface area contributed by atoms with Gasteiger partial charge in [0.15, 0.2) is 0 Å². The van der Waals surface area contributed by atoms with Crippen molar-refractivity contribution in [3.05, 3.63) is 36.9 Å². The number of hydrogen-bond donors (Lipinski definition) is 1. The van der Waals surface area contributed by atoms with Gasteiger partial charge in [-0.3, -0.25) is 4.79 Å². The molecule has 1 N–H and O–H groups in total. The first kappa shape index (κ1) is 14.2. The first-order chi connectivity index (χ1) is 10.7. The highest BCUT2D eigenvalue weighted by Crippen LogP contribution is 2.17. The summed E-state index contributed by atoms with van der Waals surface area (Å²) in [6, 6.07) is 3.47. The van der Waals surface area contributed by atoms with Crippen LogP contribution in [0.1, 0.15) is 0 Å². The Labute approximate surface area is 127 Å². The number of carboxylic acid groups (broad SMARTS) is 1. The minimum atomic E-state index is -0.844. The lowest BCUT2D eigenvalue weighted by Gasteiger charge is -2.21. The zero-order valence-corrected chi connectivity index (χ0v) is 11.9. The van der Waals surface area contributed by atoms with Crippen molar-refractivity contribution in [2.75, 3.05) is 36.0 Å². The summed E-state index contributed by atoms with van der Waals surface area (Å²) in [4.78, 5) is 32.1. The van der Waals surface area contributed by atoms with E-state index in [4.69, 9.17) is 0 Å². The summed E-state index contributed by atoms with van der Waals surface area (Å²) in [5.74, 6) is -0.312. The molecule has 0 saturated carbocycles. The molecular weight excluding hydrogens is 284 g/mol. The van der Waals surface area contributed by atoms with E-state index < -0.39 is 11.9 Å². The fourth-order valence-electron chi connectivity index (χ4n) is 2.44. The van der Waals surface area contributed by atoms with Crippen LogP contribution in [0.15, 0.2) is 36.9 Å². The predicted molar refractivity (Wildman–Crippen MR) is 79.6 cm³/mol. The second kappa shape index (κ2) is 6.33. The summed E-state index contributed by atoms with van der Waals surface area (Å²) >= 11 is 0. The van der Waals surface area contributed by atoms with Crippen LogP contribution >= 0.6 is 0 Å². The topological polar surface area (TPSA) is 95.3 Å². The fourth-order valence-corrected chi connectivity index (χ4v) is 2.44. The Balaban J connectivity index is 1.83. The van der Waals surface area contributed by atoms with Gasteiger partial charge >= 0.3 is 5.97 Å². The maximum Gasteiger partial charge on any atom is 0.310 e. The van der Waals surface area contributed by atoms with Crippen molar-refractivity contribution in [1.29, 1.82) is 0 Å². The van der Waals surface area contributed by atoms with E-state index in [1.807, 2.05) is 9.80 Å². The summed E-state index contributed by atoms with van der Waals surface area (Å²) in [5, 5.41) is 9.46. The van der Waals surface area contributed by atoms with Crippen LogP contribution in [0, 0.1) is 5.92 Å². The minimum Gasteiger partial charge on any atom is -0.481 e.